The van der Waals surface area contributed by atoms with Gasteiger partial charge in [0.05, 0.1) is 4.91 Å². The maximum absolute atomic E-state index is 12.4. The Bertz CT molecular complexity index is 1120. The molecule has 1 aliphatic heterocycles. The highest BCUT2D eigenvalue weighted by Gasteiger charge is 2.24. The van der Waals surface area contributed by atoms with Gasteiger partial charge in [-0.2, -0.15) is 0 Å². The van der Waals surface area contributed by atoms with E-state index in [1.54, 1.807) is 55.5 Å². The SMILES string of the molecule is Cc1nc2cc(NC(=O)c3ccc(/C=C4\SC(=O)NC4=O)cc3)ccc2o1. The molecular formula is C19H13N3O4S. The van der Waals surface area contributed by atoms with Crippen molar-refractivity contribution in [2.75, 3.05) is 5.32 Å². The molecule has 2 heterocycles. The lowest BCUT2D eigenvalue weighted by molar-refractivity contribution is -0.115. The van der Waals surface area contributed by atoms with E-state index < -0.39 is 5.91 Å². The zero-order chi connectivity index (χ0) is 19.0. The molecule has 8 heteroatoms. The molecule has 7 nitrogen and oxygen atoms in total. The van der Waals surface area contributed by atoms with Crippen LogP contribution in [0, 0.1) is 6.92 Å². The molecule has 3 amide bonds. The Hall–Kier alpha value is -3.39. The van der Waals surface area contributed by atoms with Crippen molar-refractivity contribution in [1.82, 2.24) is 10.3 Å². The molecule has 0 radical (unpaired) electrons. The van der Waals surface area contributed by atoms with E-state index in [0.29, 0.717) is 33.1 Å². The Morgan fingerprint density at radius 1 is 1.19 bits per heavy atom. The predicted molar refractivity (Wildman–Crippen MR) is 102 cm³/mol. The van der Waals surface area contributed by atoms with Gasteiger partial charge in [0.25, 0.3) is 17.1 Å². The number of nitrogens with zero attached hydrogens (tertiary/aromatic N) is 1. The highest BCUT2D eigenvalue weighted by molar-refractivity contribution is 8.18. The zero-order valence-corrected chi connectivity index (χ0v) is 14.9. The minimum absolute atomic E-state index is 0.267. The third-order valence-electron chi connectivity index (χ3n) is 3.87. The average molecular weight is 379 g/mol. The molecule has 1 fully saturated rings. The summed E-state index contributed by atoms with van der Waals surface area (Å²) >= 11 is 0.852. The summed E-state index contributed by atoms with van der Waals surface area (Å²) in [6, 6.07) is 12.0. The number of nitrogens with one attached hydrogen (secondary N) is 2. The van der Waals surface area contributed by atoms with Gasteiger partial charge in [-0.1, -0.05) is 12.1 Å². The standard InChI is InChI=1S/C19H13N3O4S/c1-10-20-14-9-13(6-7-15(14)26-10)21-17(23)12-4-2-11(3-5-12)8-16-18(24)22-19(25)27-16/h2-9H,1H3,(H,21,23)(H,22,24,25)/b16-8-. The van der Waals surface area contributed by atoms with Crippen molar-refractivity contribution in [3.8, 4) is 0 Å². The van der Waals surface area contributed by atoms with E-state index in [1.165, 1.54) is 0 Å². The van der Waals surface area contributed by atoms with Crippen LogP contribution in [-0.2, 0) is 4.79 Å². The van der Waals surface area contributed by atoms with Crippen molar-refractivity contribution in [2.45, 2.75) is 6.92 Å². The van der Waals surface area contributed by atoms with Gasteiger partial charge in [-0.25, -0.2) is 4.98 Å². The monoisotopic (exact) mass is 379 g/mol. The lowest BCUT2D eigenvalue weighted by Crippen LogP contribution is -2.17. The zero-order valence-electron chi connectivity index (χ0n) is 14.1. The van der Waals surface area contributed by atoms with E-state index in [-0.39, 0.29) is 11.1 Å². The van der Waals surface area contributed by atoms with Crippen molar-refractivity contribution in [3.05, 3.63) is 64.4 Å². The van der Waals surface area contributed by atoms with Gasteiger partial charge in [0.2, 0.25) is 0 Å². The Morgan fingerprint density at radius 2 is 1.96 bits per heavy atom. The minimum Gasteiger partial charge on any atom is -0.441 e. The Balaban J connectivity index is 1.49. The summed E-state index contributed by atoms with van der Waals surface area (Å²) in [5, 5.41) is 4.63. The van der Waals surface area contributed by atoms with Crippen molar-refractivity contribution < 1.29 is 18.8 Å². The summed E-state index contributed by atoms with van der Waals surface area (Å²) in [6.45, 7) is 1.76. The molecule has 3 aromatic rings. The first-order valence-corrected chi connectivity index (χ1v) is 8.83. The number of hydrogen-bond donors (Lipinski definition) is 2. The van der Waals surface area contributed by atoms with Crippen molar-refractivity contribution in [1.29, 1.82) is 0 Å². The van der Waals surface area contributed by atoms with Crippen LogP contribution in [0.25, 0.3) is 17.2 Å². The summed E-state index contributed by atoms with van der Waals surface area (Å²) in [6.07, 6.45) is 1.60. The van der Waals surface area contributed by atoms with Gasteiger partial charge in [-0.05, 0) is 53.7 Å². The van der Waals surface area contributed by atoms with Crippen LogP contribution in [0.15, 0.2) is 51.8 Å². The van der Waals surface area contributed by atoms with E-state index in [2.05, 4.69) is 15.6 Å². The van der Waals surface area contributed by atoms with Gasteiger partial charge in [-0.3, -0.25) is 19.7 Å². The second-order valence-corrected chi connectivity index (χ2v) is 6.86. The van der Waals surface area contributed by atoms with Gasteiger partial charge in [0, 0.05) is 18.2 Å². The van der Waals surface area contributed by atoms with Crippen molar-refractivity contribution in [3.63, 3.8) is 0 Å². The first-order valence-electron chi connectivity index (χ1n) is 8.01. The highest BCUT2D eigenvalue weighted by atomic mass is 32.2. The number of thioether (sulfide) groups is 1. The number of amides is 3. The summed E-state index contributed by atoms with van der Waals surface area (Å²) in [5.74, 6) is -0.115. The second-order valence-electron chi connectivity index (χ2n) is 5.84. The molecule has 27 heavy (non-hydrogen) atoms. The normalized spacial score (nSPS) is 15.4. The van der Waals surface area contributed by atoms with Gasteiger partial charge in [-0.15, -0.1) is 0 Å². The predicted octanol–water partition coefficient (Wildman–Crippen LogP) is 3.71. The number of carbonyl (C=O) groups is 3. The van der Waals surface area contributed by atoms with Crippen LogP contribution in [0.5, 0.6) is 0 Å². The van der Waals surface area contributed by atoms with Crippen LogP contribution >= 0.6 is 11.8 Å². The second kappa shape index (κ2) is 6.73. The van der Waals surface area contributed by atoms with Crippen molar-refractivity contribution >= 4 is 51.7 Å². The summed E-state index contributed by atoms with van der Waals surface area (Å²) < 4.78 is 5.41. The number of aryl methyl sites for hydroxylation is 1. The van der Waals surface area contributed by atoms with Crippen LogP contribution in [0.4, 0.5) is 10.5 Å². The molecule has 1 aliphatic rings. The highest BCUT2D eigenvalue weighted by Crippen LogP contribution is 2.25. The van der Waals surface area contributed by atoms with E-state index in [0.717, 1.165) is 17.3 Å². The third kappa shape index (κ3) is 3.61. The fourth-order valence-corrected chi connectivity index (χ4v) is 3.31. The number of anilines is 1. The summed E-state index contributed by atoms with van der Waals surface area (Å²) in [7, 11) is 0. The molecule has 0 spiro atoms. The maximum Gasteiger partial charge on any atom is 0.290 e. The minimum atomic E-state index is -0.412. The number of fused-ring (bicyclic) bond motifs is 1. The molecule has 1 saturated heterocycles. The Morgan fingerprint density at radius 3 is 2.67 bits per heavy atom. The molecule has 2 N–H and O–H groups in total. The van der Waals surface area contributed by atoms with Gasteiger partial charge in [0.1, 0.15) is 5.52 Å². The largest absolute Gasteiger partial charge is 0.441 e. The number of rotatable bonds is 3. The van der Waals surface area contributed by atoms with Crippen LogP contribution in [-0.4, -0.2) is 22.0 Å². The van der Waals surface area contributed by atoms with Crippen LogP contribution < -0.4 is 10.6 Å². The van der Waals surface area contributed by atoms with Crippen LogP contribution in [0.1, 0.15) is 21.8 Å². The van der Waals surface area contributed by atoms with Gasteiger partial charge < -0.3 is 9.73 Å². The molecule has 0 unspecified atom stereocenters. The lowest BCUT2D eigenvalue weighted by atomic mass is 10.1. The molecule has 2 aromatic carbocycles. The van der Waals surface area contributed by atoms with E-state index in [4.69, 9.17) is 4.42 Å². The average Bonchev–Trinajstić information content (AvgIpc) is 3.15. The number of oxazole rings is 1. The Labute approximate surface area is 157 Å². The quantitative estimate of drug-likeness (QED) is 0.673. The van der Waals surface area contributed by atoms with Crippen LogP contribution in [0.3, 0.4) is 0 Å². The maximum atomic E-state index is 12.4. The summed E-state index contributed by atoms with van der Waals surface area (Å²) in [5.41, 5.74) is 3.14. The number of benzene rings is 2. The first kappa shape index (κ1) is 17.0. The van der Waals surface area contributed by atoms with E-state index >= 15 is 0 Å². The first-order chi connectivity index (χ1) is 13.0. The molecule has 4 rings (SSSR count). The van der Waals surface area contributed by atoms with Crippen molar-refractivity contribution in [2.24, 2.45) is 0 Å². The third-order valence-corrected chi connectivity index (χ3v) is 4.68. The molecule has 0 aliphatic carbocycles. The Kier molecular flexibility index (Phi) is 4.25. The number of aromatic nitrogens is 1. The molecule has 1 aromatic heterocycles. The molecule has 134 valence electrons. The van der Waals surface area contributed by atoms with E-state index in [1.807, 2.05) is 0 Å². The lowest BCUT2D eigenvalue weighted by Gasteiger charge is -2.05. The molecule has 0 atom stereocenters. The fraction of sp³-hybridized carbons (Fsp3) is 0.0526. The number of carbonyl (C=O) groups excluding carboxylic acids is 3. The molecular weight excluding hydrogens is 366 g/mol. The smallest absolute Gasteiger partial charge is 0.290 e. The van der Waals surface area contributed by atoms with Gasteiger partial charge >= 0.3 is 0 Å². The topological polar surface area (TPSA) is 101 Å². The fourth-order valence-electron chi connectivity index (χ4n) is 2.63. The number of imide groups is 1. The van der Waals surface area contributed by atoms with Crippen LogP contribution in [0.2, 0.25) is 0 Å². The van der Waals surface area contributed by atoms with E-state index in [9.17, 15) is 14.4 Å². The molecule has 0 saturated carbocycles. The molecule has 0 bridgehead atoms. The summed E-state index contributed by atoms with van der Waals surface area (Å²) in [4.78, 5) is 39.7. The number of hydrogen-bond acceptors (Lipinski definition) is 6. The van der Waals surface area contributed by atoms with Gasteiger partial charge in [0.15, 0.2) is 11.5 Å².